The van der Waals surface area contributed by atoms with Gasteiger partial charge in [-0.3, -0.25) is 28.8 Å². The fraction of sp³-hybridized carbons (Fsp3) is 0.462. The lowest BCUT2D eigenvalue weighted by Gasteiger charge is -2.29. The second-order valence-corrected chi connectivity index (χ2v) is 17.4. The normalized spacial score (nSPS) is 22.9. The van der Waals surface area contributed by atoms with Crippen LogP contribution in [-0.4, -0.2) is 108 Å². The minimum atomic E-state index is -1.42. The van der Waals surface area contributed by atoms with Gasteiger partial charge in [0.05, 0.1) is 11.7 Å². The molecule has 0 aliphatic carbocycles. The summed E-state index contributed by atoms with van der Waals surface area (Å²) in [5.41, 5.74) is 15.9. The molecule has 1 aromatic heterocycles. The Morgan fingerprint density at radius 2 is 1.55 bits per heavy atom. The van der Waals surface area contributed by atoms with Crippen LogP contribution in [0.15, 0.2) is 58.1 Å². The number of phenols is 1. The number of carbonyl (C=O) groups is 7. The largest absolute Gasteiger partial charge is 0.506 e. The minimum absolute atomic E-state index is 0.0155. The number of primary amides is 2. The molecular weight excluding hydrogens is 849 g/mol. The van der Waals surface area contributed by atoms with Gasteiger partial charge in [-0.25, -0.2) is 24.0 Å². The zero-order valence-electron chi connectivity index (χ0n) is 34.0. The van der Waals surface area contributed by atoms with Crippen LogP contribution in [0.25, 0.3) is 11.4 Å². The van der Waals surface area contributed by atoms with Crippen LogP contribution < -0.4 is 49.8 Å². The first kappa shape index (κ1) is 48.6. The molecule has 0 spiro atoms. The molecule has 6 amide bonds. The lowest BCUT2D eigenvalue weighted by Crippen LogP contribution is -2.58. The van der Waals surface area contributed by atoms with Crippen LogP contribution in [0.1, 0.15) is 57.9 Å². The number of H-pyrrole nitrogens is 1. The molecule has 2 aromatic carbocycles. The van der Waals surface area contributed by atoms with Crippen molar-refractivity contribution in [3.05, 3.63) is 75.1 Å². The topological polar surface area (TPSA) is 346 Å². The van der Waals surface area contributed by atoms with Gasteiger partial charge in [0.1, 0.15) is 29.6 Å². The number of aromatic hydroxyl groups is 1. The first-order valence-electron chi connectivity index (χ1n) is 19.7. The van der Waals surface area contributed by atoms with Crippen LogP contribution in [0.3, 0.4) is 0 Å². The summed E-state index contributed by atoms with van der Waals surface area (Å²) in [6.45, 7) is 3.49. The second kappa shape index (κ2) is 22.7. The number of rotatable bonds is 12. The highest BCUT2D eigenvalue weighted by molar-refractivity contribution is 8.76. The average Bonchev–Trinajstić information content (AvgIpc) is 3.53. The van der Waals surface area contributed by atoms with Gasteiger partial charge in [0.2, 0.25) is 35.4 Å². The number of aromatic nitrogens is 3. The van der Waals surface area contributed by atoms with Crippen LogP contribution in [0.5, 0.6) is 5.75 Å². The average molecular weight is 901 g/mol. The van der Waals surface area contributed by atoms with Gasteiger partial charge in [-0.15, -0.1) is 0 Å². The van der Waals surface area contributed by atoms with Crippen LogP contribution in [0, 0.1) is 11.8 Å². The van der Waals surface area contributed by atoms with Gasteiger partial charge < -0.3 is 48.7 Å². The van der Waals surface area contributed by atoms with Crippen molar-refractivity contribution in [2.24, 2.45) is 29.0 Å². The molecule has 7 unspecified atom stereocenters. The highest BCUT2D eigenvalue weighted by Crippen LogP contribution is 2.25. The van der Waals surface area contributed by atoms with E-state index in [9.17, 15) is 53.4 Å². The van der Waals surface area contributed by atoms with Crippen molar-refractivity contribution in [3.8, 4) is 17.1 Å². The number of nitrogens with zero attached hydrogens (tertiary/aromatic N) is 2. The molecule has 1 aliphatic rings. The monoisotopic (exact) mass is 900 g/mol. The minimum Gasteiger partial charge on any atom is -0.506 e. The van der Waals surface area contributed by atoms with Crippen LogP contribution in [0.4, 0.5) is 0 Å². The van der Waals surface area contributed by atoms with Gasteiger partial charge in [0.15, 0.2) is 0 Å². The third kappa shape index (κ3) is 13.5. The fourth-order valence-corrected chi connectivity index (χ4v) is 8.83. The molecule has 3 aromatic rings. The summed E-state index contributed by atoms with van der Waals surface area (Å²) >= 11 is 0. The lowest BCUT2D eigenvalue weighted by atomic mass is 9.92. The quantitative estimate of drug-likeness (QED) is 0.0965. The smallest absolute Gasteiger partial charge is 0.356 e. The van der Waals surface area contributed by atoms with Crippen molar-refractivity contribution >= 4 is 63.0 Å². The first-order valence-corrected chi connectivity index (χ1v) is 22.2. The number of phenolic OH excluding ortho intramolecular Hbond substituents is 1. The number of amides is 6. The van der Waals surface area contributed by atoms with E-state index in [2.05, 4.69) is 26.4 Å². The van der Waals surface area contributed by atoms with Crippen molar-refractivity contribution in [3.63, 3.8) is 0 Å². The SMILES string of the molecule is CCC(C)C1NC(=O)C(Cc2ccc(O)c(-n3[nH]c(=O)n(-c4ccccc4)c3=O)c2)NC(=O)C(N)CSSCC(C(=O)O)NC(=O)C(CC(N)=O)CCC(CCC(N)=O)NC1=O. The highest BCUT2D eigenvalue weighted by Gasteiger charge is 2.34. The van der Waals surface area contributed by atoms with E-state index in [1.165, 1.54) is 18.2 Å². The molecule has 62 heavy (non-hydrogen) atoms. The molecular formula is C39H52N10O11S2. The maximum Gasteiger partial charge on any atom is 0.356 e. The summed E-state index contributed by atoms with van der Waals surface area (Å²) < 4.78 is 1.70. The second-order valence-electron chi connectivity index (χ2n) is 14.9. The number of carboxylic acids is 1. The molecule has 23 heteroatoms. The number of aliphatic carboxylic acids is 1. The van der Waals surface area contributed by atoms with E-state index in [1.807, 2.05) is 0 Å². The summed E-state index contributed by atoms with van der Waals surface area (Å²) in [6, 6.07) is 5.98. The number of nitrogens with two attached hydrogens (primary N) is 3. The number of benzene rings is 2. The summed E-state index contributed by atoms with van der Waals surface area (Å²) in [7, 11) is 2.04. The maximum atomic E-state index is 14.3. The predicted molar refractivity (Wildman–Crippen MR) is 230 cm³/mol. The third-order valence-electron chi connectivity index (χ3n) is 10.2. The number of hydrogen-bond acceptors (Lipinski definition) is 13. The van der Waals surface area contributed by atoms with E-state index in [1.54, 1.807) is 44.2 Å². The van der Waals surface area contributed by atoms with Gasteiger partial charge >= 0.3 is 17.3 Å². The number of carboxylic acid groups (broad SMARTS) is 1. The third-order valence-corrected chi connectivity index (χ3v) is 12.7. The van der Waals surface area contributed by atoms with Crippen LogP contribution in [0.2, 0.25) is 0 Å². The van der Waals surface area contributed by atoms with Crippen molar-refractivity contribution < 1.29 is 43.8 Å². The molecule has 1 fully saturated rings. The number of aromatic amines is 1. The van der Waals surface area contributed by atoms with E-state index < -0.39 is 107 Å². The molecule has 1 aliphatic heterocycles. The number of carbonyl (C=O) groups excluding carboxylic acids is 6. The number of para-hydroxylation sites is 1. The molecule has 21 nitrogen and oxygen atoms in total. The summed E-state index contributed by atoms with van der Waals surface area (Å²) in [4.78, 5) is 118. The first-order chi connectivity index (χ1) is 29.4. The summed E-state index contributed by atoms with van der Waals surface area (Å²) in [6.07, 6.45) is -0.502. The van der Waals surface area contributed by atoms with E-state index in [4.69, 9.17) is 17.2 Å². The van der Waals surface area contributed by atoms with Gasteiger partial charge in [0, 0.05) is 42.7 Å². The van der Waals surface area contributed by atoms with E-state index >= 15 is 0 Å². The molecule has 13 N–H and O–H groups in total. The molecule has 0 bridgehead atoms. The highest BCUT2D eigenvalue weighted by atomic mass is 33.1. The predicted octanol–water partition coefficient (Wildman–Crippen LogP) is -1.11. The zero-order valence-corrected chi connectivity index (χ0v) is 35.7. The molecule has 7 atom stereocenters. The van der Waals surface area contributed by atoms with Crippen molar-refractivity contribution in [1.82, 2.24) is 35.6 Å². The maximum absolute atomic E-state index is 14.3. The van der Waals surface area contributed by atoms with Gasteiger partial charge in [-0.2, -0.15) is 4.68 Å². The molecule has 2 heterocycles. The molecule has 1 saturated heterocycles. The standard InChI is InChI=1S/C39H52N10O11S2/c1-3-20(2)32-36(56)43-23(12-14-30(41)51)11-10-22(17-31(42)52)33(53)45-27(37(57)58)19-62-61-18-25(40)34(54)44-26(35(55)46-32)15-21-9-13-29(50)28(16-21)49-39(60)48(38(59)47-49)24-7-5-4-6-8-24/h4-9,13,16,20,22-23,25-27,32,50H,3,10-12,14-15,17-19,40H2,1-2H3,(H2,41,51)(H2,42,52)(H,43,56)(H,44,54)(H,45,53)(H,46,55)(H,47,59)(H,57,58). The van der Waals surface area contributed by atoms with Crippen molar-refractivity contribution in [2.45, 2.75) is 89.0 Å². The Morgan fingerprint density at radius 1 is 0.855 bits per heavy atom. The molecule has 0 saturated carbocycles. The van der Waals surface area contributed by atoms with E-state index in [-0.39, 0.29) is 55.0 Å². The Kier molecular flexibility index (Phi) is 17.8. The van der Waals surface area contributed by atoms with E-state index in [0.29, 0.717) is 12.0 Å². The Hall–Kier alpha value is -6.07. The Morgan fingerprint density at radius 3 is 2.19 bits per heavy atom. The van der Waals surface area contributed by atoms with Crippen molar-refractivity contribution in [2.75, 3.05) is 11.5 Å². The van der Waals surface area contributed by atoms with Gasteiger partial charge in [-0.05, 0) is 55.0 Å². The number of nitrogens with one attached hydrogen (secondary N) is 5. The number of hydrogen-bond donors (Lipinski definition) is 10. The van der Waals surface area contributed by atoms with E-state index in [0.717, 1.165) is 30.8 Å². The summed E-state index contributed by atoms with van der Waals surface area (Å²) in [5, 5.41) is 33.7. The van der Waals surface area contributed by atoms with Crippen molar-refractivity contribution in [1.29, 1.82) is 0 Å². The molecule has 0 radical (unpaired) electrons. The fourth-order valence-electron chi connectivity index (χ4n) is 6.55. The molecule has 336 valence electrons. The Bertz CT molecular complexity index is 2230. The van der Waals surface area contributed by atoms with Gasteiger partial charge in [-0.1, -0.05) is 66.1 Å². The Balaban J connectivity index is 1.72. The van der Waals surface area contributed by atoms with Crippen LogP contribution in [-0.2, 0) is 40.0 Å². The van der Waals surface area contributed by atoms with Gasteiger partial charge in [0.25, 0.3) is 0 Å². The zero-order chi connectivity index (χ0) is 45.7. The lowest BCUT2D eigenvalue weighted by molar-refractivity contribution is -0.142. The Labute approximate surface area is 363 Å². The molecule has 4 rings (SSSR count). The van der Waals surface area contributed by atoms with Crippen LogP contribution >= 0.6 is 21.6 Å². The summed E-state index contributed by atoms with van der Waals surface area (Å²) in [5.74, 6) is -8.16.